The lowest BCUT2D eigenvalue weighted by atomic mass is 9.62. The molecule has 0 aromatic heterocycles. The maximum atomic E-state index is 16.0. The molecular formula is C32H33Cl2FN4O4. The van der Waals surface area contributed by atoms with Crippen LogP contribution in [0.4, 0.5) is 21.5 Å². The number of fused-ring (bicyclic) bond motifs is 2. The number of ether oxygens (including phenoxy) is 1. The molecule has 3 aromatic rings. The quantitative estimate of drug-likeness (QED) is 0.237. The molecule has 4 atom stereocenters. The van der Waals surface area contributed by atoms with Crippen LogP contribution in [-0.4, -0.2) is 44.0 Å². The predicted octanol–water partition coefficient (Wildman–Crippen LogP) is 6.35. The van der Waals surface area contributed by atoms with Gasteiger partial charge in [0.25, 0.3) is 0 Å². The molecule has 43 heavy (non-hydrogen) atoms. The van der Waals surface area contributed by atoms with Gasteiger partial charge in [-0.25, -0.2) is 9.18 Å². The predicted molar refractivity (Wildman–Crippen MR) is 167 cm³/mol. The minimum Gasteiger partial charge on any atom is -0.465 e. The maximum Gasteiger partial charge on any atom is 0.337 e. The Morgan fingerprint density at radius 1 is 1.07 bits per heavy atom. The summed E-state index contributed by atoms with van der Waals surface area (Å²) in [7, 11) is 2.94. The number of nitrogens with one attached hydrogen (secondary N) is 4. The van der Waals surface area contributed by atoms with Crippen molar-refractivity contribution in [2.45, 2.75) is 50.6 Å². The van der Waals surface area contributed by atoms with E-state index in [4.69, 9.17) is 27.9 Å². The number of rotatable bonds is 6. The Hall–Kier alpha value is -3.66. The number of anilines is 3. The summed E-state index contributed by atoms with van der Waals surface area (Å²) in [6.45, 7) is 6.13. The maximum absolute atomic E-state index is 16.0. The third kappa shape index (κ3) is 5.34. The minimum absolute atomic E-state index is 0.114. The summed E-state index contributed by atoms with van der Waals surface area (Å²) in [5, 5.41) is 12.7. The lowest BCUT2D eigenvalue weighted by Crippen LogP contribution is -2.49. The molecule has 1 fully saturated rings. The Morgan fingerprint density at radius 3 is 2.49 bits per heavy atom. The fourth-order valence-electron chi connectivity index (χ4n) is 6.47. The molecule has 1 spiro atoms. The van der Waals surface area contributed by atoms with E-state index in [1.807, 2.05) is 20.8 Å². The third-order valence-corrected chi connectivity index (χ3v) is 8.72. The van der Waals surface area contributed by atoms with Crippen LogP contribution in [0, 0.1) is 11.2 Å². The van der Waals surface area contributed by atoms with E-state index in [0.29, 0.717) is 39.6 Å². The van der Waals surface area contributed by atoms with Gasteiger partial charge in [0.05, 0.1) is 35.1 Å². The van der Waals surface area contributed by atoms with Crippen molar-refractivity contribution in [1.82, 2.24) is 5.32 Å². The molecule has 0 aliphatic carbocycles. The first-order valence-corrected chi connectivity index (χ1v) is 14.6. The second kappa shape index (κ2) is 11.4. The van der Waals surface area contributed by atoms with Crippen LogP contribution < -0.4 is 21.3 Å². The molecule has 2 amide bonds. The van der Waals surface area contributed by atoms with Gasteiger partial charge in [0, 0.05) is 29.7 Å². The summed E-state index contributed by atoms with van der Waals surface area (Å²) < 4.78 is 20.8. The van der Waals surface area contributed by atoms with Gasteiger partial charge in [-0.05, 0) is 59.4 Å². The highest BCUT2D eigenvalue weighted by Gasteiger charge is 2.66. The molecule has 1 saturated heterocycles. The van der Waals surface area contributed by atoms with E-state index in [1.165, 1.54) is 19.2 Å². The number of halogens is 3. The number of benzene rings is 3. The standard InChI is InChI=1S/C32H33Cl2FN4O4/c1-31(2,3)15-24-32(19-11-10-17(33)14-22(19)38-30(32)42)25(18-7-6-8-20(34)26(18)35)27(39-24)28(40)37-21-12-9-16(29(41)43-5)13-23(21)36-4/h6-14,24-25,27,36,39H,15H2,1-5H3,(H,37,40)(H,38,42)/t24-,25-,27+,32+/m0/s1. The zero-order valence-electron chi connectivity index (χ0n) is 24.4. The zero-order chi connectivity index (χ0) is 31.3. The van der Waals surface area contributed by atoms with Gasteiger partial charge in [-0.15, -0.1) is 0 Å². The Labute approximate surface area is 259 Å². The third-order valence-electron chi connectivity index (χ3n) is 8.19. The largest absolute Gasteiger partial charge is 0.465 e. The van der Waals surface area contributed by atoms with Gasteiger partial charge in [-0.1, -0.05) is 62.2 Å². The van der Waals surface area contributed by atoms with Crippen molar-refractivity contribution < 1.29 is 23.5 Å². The molecule has 8 nitrogen and oxygen atoms in total. The number of methoxy groups -OCH3 is 1. The second-order valence-corrected chi connectivity index (χ2v) is 12.9. The molecule has 2 aliphatic rings. The van der Waals surface area contributed by atoms with Gasteiger partial charge in [-0.3, -0.25) is 9.59 Å². The highest BCUT2D eigenvalue weighted by Crippen LogP contribution is 2.57. The summed E-state index contributed by atoms with van der Waals surface area (Å²) in [6, 6.07) is 12.8. The van der Waals surface area contributed by atoms with Crippen molar-refractivity contribution >= 4 is 58.0 Å². The highest BCUT2D eigenvalue weighted by atomic mass is 35.5. The highest BCUT2D eigenvalue weighted by molar-refractivity contribution is 6.31. The number of hydrogen-bond donors (Lipinski definition) is 4. The molecule has 0 bridgehead atoms. The zero-order valence-corrected chi connectivity index (χ0v) is 25.9. The van der Waals surface area contributed by atoms with Crippen LogP contribution in [0.3, 0.4) is 0 Å². The van der Waals surface area contributed by atoms with Crippen molar-refractivity contribution in [3.05, 3.63) is 87.2 Å². The second-order valence-electron chi connectivity index (χ2n) is 12.1. The lowest BCUT2D eigenvalue weighted by molar-refractivity contribution is -0.122. The fourth-order valence-corrected chi connectivity index (χ4v) is 6.82. The fraction of sp³-hybridized carbons (Fsp3) is 0.344. The Bertz CT molecular complexity index is 1630. The average molecular weight is 628 g/mol. The van der Waals surface area contributed by atoms with Crippen LogP contribution in [0.1, 0.15) is 54.6 Å². The number of esters is 1. The van der Waals surface area contributed by atoms with E-state index in [0.717, 1.165) is 0 Å². The number of hydrogen-bond acceptors (Lipinski definition) is 6. The number of carbonyl (C=O) groups is 3. The first-order chi connectivity index (χ1) is 20.3. The number of carbonyl (C=O) groups excluding carboxylic acids is 3. The molecule has 2 heterocycles. The Morgan fingerprint density at radius 2 is 1.81 bits per heavy atom. The van der Waals surface area contributed by atoms with Crippen molar-refractivity contribution in [3.8, 4) is 0 Å². The van der Waals surface area contributed by atoms with E-state index in [2.05, 4.69) is 21.3 Å². The Balaban J connectivity index is 1.68. The number of amides is 2. The summed E-state index contributed by atoms with van der Waals surface area (Å²) >= 11 is 12.6. The molecule has 4 N–H and O–H groups in total. The van der Waals surface area contributed by atoms with Crippen molar-refractivity contribution in [1.29, 1.82) is 0 Å². The molecule has 3 aromatic carbocycles. The van der Waals surface area contributed by atoms with E-state index in [9.17, 15) is 14.4 Å². The summed E-state index contributed by atoms with van der Waals surface area (Å²) in [5.74, 6) is -3.06. The van der Waals surface area contributed by atoms with E-state index in [1.54, 1.807) is 49.5 Å². The van der Waals surface area contributed by atoms with E-state index >= 15 is 4.39 Å². The van der Waals surface area contributed by atoms with Gasteiger partial charge in [0.15, 0.2) is 0 Å². The molecule has 226 valence electrons. The summed E-state index contributed by atoms with van der Waals surface area (Å²) in [4.78, 5) is 40.6. The van der Waals surface area contributed by atoms with Crippen molar-refractivity contribution in [2.75, 3.05) is 30.1 Å². The molecule has 5 rings (SSSR count). The van der Waals surface area contributed by atoms with Crippen molar-refractivity contribution in [3.63, 3.8) is 0 Å². The average Bonchev–Trinajstić information content (AvgIpc) is 3.43. The first-order valence-electron chi connectivity index (χ1n) is 13.8. The summed E-state index contributed by atoms with van der Waals surface area (Å²) in [5.41, 5.74) is 0.800. The topological polar surface area (TPSA) is 109 Å². The monoisotopic (exact) mass is 626 g/mol. The van der Waals surface area contributed by atoms with Gasteiger partial charge in [0.1, 0.15) is 11.2 Å². The van der Waals surface area contributed by atoms with Crippen molar-refractivity contribution in [2.24, 2.45) is 5.41 Å². The Kier molecular flexibility index (Phi) is 8.19. The molecular weight excluding hydrogens is 594 g/mol. The van der Waals surface area contributed by atoms with Crippen LogP contribution in [-0.2, 0) is 19.7 Å². The van der Waals surface area contributed by atoms with Gasteiger partial charge in [-0.2, -0.15) is 0 Å². The summed E-state index contributed by atoms with van der Waals surface area (Å²) in [6.07, 6.45) is 0.487. The molecule has 11 heteroatoms. The minimum atomic E-state index is -1.37. The van der Waals surface area contributed by atoms with Crippen LogP contribution in [0.15, 0.2) is 54.6 Å². The normalized spacial score (nSPS) is 22.7. The van der Waals surface area contributed by atoms with Crippen LogP contribution in [0.5, 0.6) is 0 Å². The van der Waals surface area contributed by atoms with E-state index in [-0.39, 0.29) is 21.9 Å². The first kappa shape index (κ1) is 30.8. The molecule has 2 aliphatic heterocycles. The van der Waals surface area contributed by atoms with Crippen LogP contribution in [0.25, 0.3) is 0 Å². The lowest BCUT2D eigenvalue weighted by Gasteiger charge is -2.37. The molecule has 0 saturated carbocycles. The van der Waals surface area contributed by atoms with Gasteiger partial charge in [0.2, 0.25) is 11.8 Å². The SMILES string of the molecule is CNc1cc(C(=O)OC)ccc1NC(=O)[C@@H]1N[C@@H](CC(C)(C)C)[C@@]2(C(=O)Nc3cc(Cl)ccc32)[C@H]1c1cccc(Cl)c1F. The van der Waals surface area contributed by atoms with Crippen LogP contribution in [0.2, 0.25) is 10.0 Å². The van der Waals surface area contributed by atoms with Gasteiger partial charge < -0.3 is 26.0 Å². The molecule has 0 unspecified atom stereocenters. The smallest absolute Gasteiger partial charge is 0.337 e. The van der Waals surface area contributed by atoms with E-state index < -0.39 is 41.1 Å². The van der Waals surface area contributed by atoms with Crippen LogP contribution >= 0.6 is 23.2 Å². The van der Waals surface area contributed by atoms with Gasteiger partial charge >= 0.3 is 5.97 Å². The molecule has 0 radical (unpaired) electrons.